The van der Waals surface area contributed by atoms with Crippen LogP contribution in [-0.2, 0) is 11.3 Å². The van der Waals surface area contributed by atoms with E-state index in [-0.39, 0.29) is 5.75 Å². The van der Waals surface area contributed by atoms with Gasteiger partial charge in [0.05, 0.1) is 14.2 Å². The van der Waals surface area contributed by atoms with Gasteiger partial charge in [0.2, 0.25) is 5.75 Å². The first kappa shape index (κ1) is 15.9. The largest absolute Gasteiger partial charge is 0.502 e. The molecule has 0 amide bonds. The molecule has 2 rings (SSSR count). The molecule has 5 heteroatoms. The van der Waals surface area contributed by atoms with E-state index in [1.165, 1.54) is 14.2 Å². The van der Waals surface area contributed by atoms with E-state index in [0.717, 1.165) is 31.6 Å². The number of hydrogen-bond donors (Lipinski definition) is 2. The number of hydrogen-bond acceptors (Lipinski definition) is 5. The SMILES string of the molecule is COc1cc(CNC(C)C2CCOCC2)cc(OC)c1O. The van der Waals surface area contributed by atoms with Gasteiger partial charge in [-0.3, -0.25) is 0 Å². The summed E-state index contributed by atoms with van der Waals surface area (Å²) in [5.74, 6) is 1.57. The minimum atomic E-state index is 0.0428. The molecule has 0 bridgehead atoms. The fourth-order valence-corrected chi connectivity index (χ4v) is 2.71. The van der Waals surface area contributed by atoms with E-state index in [9.17, 15) is 5.11 Å². The van der Waals surface area contributed by atoms with Gasteiger partial charge in [-0.1, -0.05) is 0 Å². The van der Waals surface area contributed by atoms with Gasteiger partial charge in [-0.2, -0.15) is 0 Å². The van der Waals surface area contributed by atoms with Crippen molar-refractivity contribution >= 4 is 0 Å². The molecule has 1 aromatic carbocycles. The smallest absolute Gasteiger partial charge is 0.200 e. The molecule has 1 aromatic rings. The van der Waals surface area contributed by atoms with Crippen LogP contribution in [0, 0.1) is 5.92 Å². The summed E-state index contributed by atoms with van der Waals surface area (Å²) in [4.78, 5) is 0. The number of nitrogens with one attached hydrogen (secondary N) is 1. The highest BCUT2D eigenvalue weighted by molar-refractivity contribution is 5.52. The zero-order chi connectivity index (χ0) is 15.2. The van der Waals surface area contributed by atoms with Gasteiger partial charge in [0, 0.05) is 25.8 Å². The predicted molar refractivity (Wildman–Crippen MR) is 81.1 cm³/mol. The summed E-state index contributed by atoms with van der Waals surface area (Å²) in [5.41, 5.74) is 1.03. The summed E-state index contributed by atoms with van der Waals surface area (Å²) in [6, 6.07) is 4.10. The van der Waals surface area contributed by atoms with Gasteiger partial charge in [-0.25, -0.2) is 0 Å². The predicted octanol–water partition coefficient (Wildman–Crippen LogP) is 2.31. The Bertz CT molecular complexity index is 433. The molecule has 0 aliphatic carbocycles. The molecule has 1 heterocycles. The zero-order valence-corrected chi connectivity index (χ0v) is 13.0. The number of methoxy groups -OCH3 is 2. The van der Waals surface area contributed by atoms with Crippen molar-refractivity contribution in [2.75, 3.05) is 27.4 Å². The highest BCUT2D eigenvalue weighted by atomic mass is 16.5. The van der Waals surface area contributed by atoms with Crippen LogP contribution >= 0.6 is 0 Å². The monoisotopic (exact) mass is 295 g/mol. The Morgan fingerprint density at radius 3 is 2.33 bits per heavy atom. The highest BCUT2D eigenvalue weighted by Crippen LogP contribution is 2.37. The van der Waals surface area contributed by atoms with Gasteiger partial charge >= 0.3 is 0 Å². The quantitative estimate of drug-likeness (QED) is 0.843. The third-order valence-corrected chi connectivity index (χ3v) is 4.14. The second kappa shape index (κ2) is 7.52. The molecule has 0 aromatic heterocycles. The van der Waals surface area contributed by atoms with Crippen molar-refractivity contribution in [1.82, 2.24) is 5.32 Å². The molecular formula is C16H25NO4. The lowest BCUT2D eigenvalue weighted by molar-refractivity contribution is 0.0558. The van der Waals surface area contributed by atoms with Gasteiger partial charge in [0.15, 0.2) is 11.5 Å². The average molecular weight is 295 g/mol. The van der Waals surface area contributed by atoms with Gasteiger partial charge in [-0.05, 0) is 43.4 Å². The Labute approximate surface area is 126 Å². The normalized spacial score (nSPS) is 17.5. The minimum absolute atomic E-state index is 0.0428. The first-order chi connectivity index (χ1) is 10.2. The maximum Gasteiger partial charge on any atom is 0.200 e. The molecule has 1 atom stereocenters. The molecule has 1 saturated heterocycles. The summed E-state index contributed by atoms with van der Waals surface area (Å²) < 4.78 is 15.8. The third-order valence-electron chi connectivity index (χ3n) is 4.14. The van der Waals surface area contributed by atoms with Gasteiger partial charge < -0.3 is 24.6 Å². The standard InChI is InChI=1S/C16H25NO4/c1-11(13-4-6-21-7-5-13)17-10-12-8-14(19-2)16(18)15(9-12)20-3/h8-9,11,13,17-18H,4-7,10H2,1-3H3. The van der Waals surface area contributed by atoms with Crippen LogP contribution in [0.15, 0.2) is 12.1 Å². The number of ether oxygens (including phenoxy) is 3. The third kappa shape index (κ3) is 4.02. The van der Waals surface area contributed by atoms with Crippen molar-refractivity contribution in [3.05, 3.63) is 17.7 Å². The Morgan fingerprint density at radius 2 is 1.81 bits per heavy atom. The van der Waals surface area contributed by atoms with Crippen LogP contribution in [0.1, 0.15) is 25.3 Å². The number of benzene rings is 1. The van der Waals surface area contributed by atoms with Crippen LogP contribution in [0.3, 0.4) is 0 Å². The fraction of sp³-hybridized carbons (Fsp3) is 0.625. The molecule has 1 aliphatic rings. The Balaban J connectivity index is 1.98. The molecule has 1 aliphatic heterocycles. The van der Waals surface area contributed by atoms with E-state index in [1.54, 1.807) is 0 Å². The summed E-state index contributed by atoms with van der Waals surface area (Å²) >= 11 is 0. The van der Waals surface area contributed by atoms with E-state index in [1.807, 2.05) is 12.1 Å². The van der Waals surface area contributed by atoms with E-state index in [2.05, 4.69) is 12.2 Å². The van der Waals surface area contributed by atoms with Crippen molar-refractivity contribution in [3.63, 3.8) is 0 Å². The number of phenols is 1. The minimum Gasteiger partial charge on any atom is -0.502 e. The number of phenolic OH excluding ortho intramolecular Hbond substituents is 1. The fourth-order valence-electron chi connectivity index (χ4n) is 2.71. The van der Waals surface area contributed by atoms with E-state index in [4.69, 9.17) is 14.2 Å². The summed E-state index contributed by atoms with van der Waals surface area (Å²) in [7, 11) is 3.08. The molecule has 5 nitrogen and oxygen atoms in total. The maximum atomic E-state index is 9.91. The van der Waals surface area contributed by atoms with Crippen molar-refractivity contribution in [3.8, 4) is 17.2 Å². The lowest BCUT2D eigenvalue weighted by Crippen LogP contribution is -2.36. The van der Waals surface area contributed by atoms with Gasteiger partial charge in [0.25, 0.3) is 0 Å². The molecule has 0 radical (unpaired) electrons. The first-order valence-electron chi connectivity index (χ1n) is 7.40. The maximum absolute atomic E-state index is 9.91. The second-order valence-electron chi connectivity index (χ2n) is 5.47. The summed E-state index contributed by atoms with van der Waals surface area (Å²) in [6.45, 7) is 4.64. The molecular weight excluding hydrogens is 270 g/mol. The van der Waals surface area contributed by atoms with Crippen LogP contribution in [0.5, 0.6) is 17.2 Å². The molecule has 1 fully saturated rings. The molecule has 0 saturated carbocycles. The second-order valence-corrected chi connectivity index (χ2v) is 5.47. The van der Waals surface area contributed by atoms with Crippen LogP contribution in [0.25, 0.3) is 0 Å². The zero-order valence-electron chi connectivity index (χ0n) is 13.0. The van der Waals surface area contributed by atoms with E-state index in [0.29, 0.717) is 30.0 Å². The van der Waals surface area contributed by atoms with Crippen molar-refractivity contribution in [2.24, 2.45) is 5.92 Å². The molecule has 1 unspecified atom stereocenters. The first-order valence-corrected chi connectivity index (χ1v) is 7.40. The molecule has 118 valence electrons. The van der Waals surface area contributed by atoms with Crippen molar-refractivity contribution in [1.29, 1.82) is 0 Å². The van der Waals surface area contributed by atoms with E-state index < -0.39 is 0 Å². The lowest BCUT2D eigenvalue weighted by Gasteiger charge is -2.28. The highest BCUT2D eigenvalue weighted by Gasteiger charge is 2.20. The van der Waals surface area contributed by atoms with Crippen LogP contribution in [0.2, 0.25) is 0 Å². The summed E-state index contributed by atoms with van der Waals surface area (Å²) in [6.07, 6.45) is 2.22. The Morgan fingerprint density at radius 1 is 1.24 bits per heavy atom. The topological polar surface area (TPSA) is 60.0 Å². The van der Waals surface area contributed by atoms with Crippen LogP contribution in [0.4, 0.5) is 0 Å². The van der Waals surface area contributed by atoms with Crippen molar-refractivity contribution < 1.29 is 19.3 Å². The number of rotatable bonds is 6. The van der Waals surface area contributed by atoms with Gasteiger partial charge in [-0.15, -0.1) is 0 Å². The van der Waals surface area contributed by atoms with Crippen molar-refractivity contribution in [2.45, 2.75) is 32.4 Å². The Hall–Kier alpha value is -1.46. The molecule has 0 spiro atoms. The molecule has 21 heavy (non-hydrogen) atoms. The number of aromatic hydroxyl groups is 1. The van der Waals surface area contributed by atoms with Crippen LogP contribution < -0.4 is 14.8 Å². The van der Waals surface area contributed by atoms with Gasteiger partial charge in [0.1, 0.15) is 0 Å². The van der Waals surface area contributed by atoms with Crippen LogP contribution in [-0.4, -0.2) is 38.6 Å². The Kier molecular flexibility index (Phi) is 5.70. The summed E-state index contributed by atoms with van der Waals surface area (Å²) in [5, 5.41) is 13.5. The molecule has 2 N–H and O–H groups in total. The average Bonchev–Trinajstić information content (AvgIpc) is 2.54. The van der Waals surface area contributed by atoms with E-state index >= 15 is 0 Å². The lowest BCUT2D eigenvalue weighted by atomic mass is 9.93.